The van der Waals surface area contributed by atoms with E-state index in [1.165, 1.54) is 0 Å². The van der Waals surface area contributed by atoms with Crippen molar-refractivity contribution in [2.45, 2.75) is 39.2 Å². The molecular formula is C16H24N2O2. The molecule has 0 radical (unpaired) electrons. The quantitative estimate of drug-likeness (QED) is 0.886. The highest BCUT2D eigenvalue weighted by atomic mass is 16.3. The third-order valence-electron chi connectivity index (χ3n) is 4.14. The molecule has 110 valence electrons. The van der Waals surface area contributed by atoms with Gasteiger partial charge in [0.1, 0.15) is 5.75 Å². The molecule has 1 saturated heterocycles. The maximum absolute atomic E-state index is 12.3. The van der Waals surface area contributed by atoms with Crippen LogP contribution in [0.4, 0.5) is 0 Å². The second kappa shape index (κ2) is 5.83. The first-order valence-corrected chi connectivity index (χ1v) is 7.20. The Morgan fingerprint density at radius 3 is 2.40 bits per heavy atom. The Labute approximate surface area is 120 Å². The van der Waals surface area contributed by atoms with Gasteiger partial charge in [-0.15, -0.1) is 0 Å². The Morgan fingerprint density at radius 1 is 1.30 bits per heavy atom. The number of nitrogens with zero attached hydrogens (tertiary/aromatic N) is 1. The van der Waals surface area contributed by atoms with Gasteiger partial charge in [0, 0.05) is 13.1 Å². The Kier molecular flexibility index (Phi) is 4.33. The Morgan fingerprint density at radius 2 is 1.85 bits per heavy atom. The highest BCUT2D eigenvalue weighted by molar-refractivity contribution is 5.82. The first-order chi connectivity index (χ1) is 9.37. The number of piperidine rings is 1. The highest BCUT2D eigenvalue weighted by Crippen LogP contribution is 2.29. The van der Waals surface area contributed by atoms with E-state index in [0.717, 1.165) is 31.5 Å². The maximum atomic E-state index is 12.3. The fraction of sp³-hybridized carbons (Fsp3) is 0.562. The molecule has 0 spiro atoms. The molecular weight excluding hydrogens is 252 g/mol. The molecule has 4 nitrogen and oxygen atoms in total. The molecule has 20 heavy (non-hydrogen) atoms. The van der Waals surface area contributed by atoms with Crippen molar-refractivity contribution in [2.24, 2.45) is 11.1 Å². The number of hydrogen-bond acceptors (Lipinski definition) is 3. The topological polar surface area (TPSA) is 66.6 Å². The zero-order chi connectivity index (χ0) is 14.8. The molecule has 0 aliphatic carbocycles. The molecule has 1 aliphatic heterocycles. The van der Waals surface area contributed by atoms with Crippen LogP contribution in [0.5, 0.6) is 5.75 Å². The number of likely N-dealkylation sites (tertiary alicyclic amines) is 1. The molecule has 1 fully saturated rings. The molecule has 4 heteroatoms. The summed E-state index contributed by atoms with van der Waals surface area (Å²) in [7, 11) is 0. The van der Waals surface area contributed by atoms with Crippen LogP contribution in [-0.4, -0.2) is 35.0 Å². The number of benzene rings is 1. The molecule has 1 aliphatic rings. The van der Waals surface area contributed by atoms with Gasteiger partial charge in [-0.2, -0.15) is 0 Å². The van der Waals surface area contributed by atoms with Gasteiger partial charge >= 0.3 is 0 Å². The molecule has 0 saturated carbocycles. The summed E-state index contributed by atoms with van der Waals surface area (Å²) in [4.78, 5) is 14.2. The van der Waals surface area contributed by atoms with Crippen molar-refractivity contribution in [2.75, 3.05) is 13.1 Å². The molecule has 1 heterocycles. The van der Waals surface area contributed by atoms with Crippen LogP contribution in [0.1, 0.15) is 32.3 Å². The maximum Gasteiger partial charge on any atom is 0.239 e. The number of phenolic OH excluding ortho intramolecular Hbond substituents is 1. The van der Waals surface area contributed by atoms with E-state index in [-0.39, 0.29) is 11.7 Å². The van der Waals surface area contributed by atoms with Crippen LogP contribution in [0.3, 0.4) is 0 Å². The van der Waals surface area contributed by atoms with Crippen molar-refractivity contribution in [3.8, 4) is 5.75 Å². The van der Waals surface area contributed by atoms with Crippen molar-refractivity contribution < 1.29 is 9.90 Å². The van der Waals surface area contributed by atoms with Gasteiger partial charge in [-0.1, -0.05) is 26.0 Å². The number of amides is 1. The summed E-state index contributed by atoms with van der Waals surface area (Å²) in [6.07, 6.45) is 2.58. The van der Waals surface area contributed by atoms with Crippen molar-refractivity contribution in [3.63, 3.8) is 0 Å². The Bertz CT molecular complexity index is 458. The lowest BCUT2D eigenvalue weighted by molar-refractivity contribution is -0.134. The molecule has 0 aromatic heterocycles. The normalized spacial score (nSPS) is 19.6. The van der Waals surface area contributed by atoms with Crippen LogP contribution >= 0.6 is 0 Å². The molecule has 1 aromatic carbocycles. The van der Waals surface area contributed by atoms with Gasteiger partial charge in [0.05, 0.1) is 6.04 Å². The minimum atomic E-state index is -0.499. The number of nitrogens with two attached hydrogens (primary N) is 1. The van der Waals surface area contributed by atoms with Gasteiger partial charge in [-0.3, -0.25) is 4.79 Å². The number of hydrogen-bond donors (Lipinski definition) is 2. The van der Waals surface area contributed by atoms with Crippen LogP contribution in [0.2, 0.25) is 0 Å². The average molecular weight is 276 g/mol. The molecule has 1 aromatic rings. The van der Waals surface area contributed by atoms with E-state index in [9.17, 15) is 9.90 Å². The minimum absolute atomic E-state index is 0.0357. The lowest BCUT2D eigenvalue weighted by Crippen LogP contribution is -2.49. The third-order valence-corrected chi connectivity index (χ3v) is 4.14. The summed E-state index contributed by atoms with van der Waals surface area (Å²) >= 11 is 0. The van der Waals surface area contributed by atoms with Gasteiger partial charge in [-0.25, -0.2) is 0 Å². The number of rotatable bonds is 3. The van der Waals surface area contributed by atoms with Crippen LogP contribution in [0, 0.1) is 5.41 Å². The van der Waals surface area contributed by atoms with Gasteiger partial charge in [0.15, 0.2) is 0 Å². The van der Waals surface area contributed by atoms with E-state index in [1.54, 1.807) is 12.1 Å². The van der Waals surface area contributed by atoms with Gasteiger partial charge in [0.2, 0.25) is 5.91 Å². The predicted molar refractivity (Wildman–Crippen MR) is 79.4 cm³/mol. The van der Waals surface area contributed by atoms with Gasteiger partial charge in [-0.05, 0) is 42.4 Å². The molecule has 3 N–H and O–H groups in total. The van der Waals surface area contributed by atoms with Crippen LogP contribution in [0.15, 0.2) is 24.3 Å². The summed E-state index contributed by atoms with van der Waals surface area (Å²) in [5.41, 5.74) is 7.34. The standard InChI is InChI=1S/C16H24N2O2/c1-16(2)7-9-18(10-8-16)15(20)14(17)11-12-3-5-13(19)6-4-12/h3-6,14,19H,7-11,17H2,1-2H3/t14-/m1/s1. The second-order valence-electron chi connectivity index (χ2n) is 6.47. The first kappa shape index (κ1) is 14.9. The summed E-state index contributed by atoms with van der Waals surface area (Å²) < 4.78 is 0. The molecule has 1 amide bonds. The SMILES string of the molecule is CC1(C)CCN(C(=O)[C@H](N)Cc2ccc(O)cc2)CC1. The van der Waals surface area contributed by atoms with Crippen molar-refractivity contribution in [1.29, 1.82) is 0 Å². The highest BCUT2D eigenvalue weighted by Gasteiger charge is 2.29. The zero-order valence-corrected chi connectivity index (χ0v) is 12.3. The Balaban J connectivity index is 1.90. The zero-order valence-electron chi connectivity index (χ0n) is 12.3. The van der Waals surface area contributed by atoms with E-state index in [4.69, 9.17) is 5.73 Å². The largest absolute Gasteiger partial charge is 0.508 e. The Hall–Kier alpha value is -1.55. The minimum Gasteiger partial charge on any atom is -0.508 e. The summed E-state index contributed by atoms with van der Waals surface area (Å²) in [6, 6.07) is 6.36. The third kappa shape index (κ3) is 3.73. The number of aromatic hydroxyl groups is 1. The van der Waals surface area contributed by atoms with Gasteiger partial charge in [0.25, 0.3) is 0 Å². The number of carbonyl (C=O) groups excluding carboxylic acids is 1. The lowest BCUT2D eigenvalue weighted by atomic mass is 9.82. The van der Waals surface area contributed by atoms with Gasteiger partial charge < -0.3 is 15.7 Å². The van der Waals surface area contributed by atoms with E-state index in [0.29, 0.717) is 11.8 Å². The van der Waals surface area contributed by atoms with Crippen LogP contribution in [0.25, 0.3) is 0 Å². The molecule has 0 unspecified atom stereocenters. The monoisotopic (exact) mass is 276 g/mol. The van der Waals surface area contributed by atoms with E-state index >= 15 is 0 Å². The smallest absolute Gasteiger partial charge is 0.239 e. The van der Waals surface area contributed by atoms with Crippen molar-refractivity contribution in [1.82, 2.24) is 4.90 Å². The van der Waals surface area contributed by atoms with Crippen LogP contribution in [-0.2, 0) is 11.2 Å². The summed E-state index contributed by atoms with van der Waals surface area (Å²) in [5, 5.41) is 9.25. The molecule has 0 bridgehead atoms. The van der Waals surface area contributed by atoms with E-state index in [1.807, 2.05) is 17.0 Å². The fourth-order valence-electron chi connectivity index (χ4n) is 2.54. The number of phenols is 1. The summed E-state index contributed by atoms with van der Waals surface area (Å²) in [5.74, 6) is 0.264. The van der Waals surface area contributed by atoms with Crippen LogP contribution < -0.4 is 5.73 Å². The first-order valence-electron chi connectivity index (χ1n) is 7.20. The fourth-order valence-corrected chi connectivity index (χ4v) is 2.54. The van der Waals surface area contributed by atoms with E-state index < -0.39 is 6.04 Å². The van der Waals surface area contributed by atoms with Crippen molar-refractivity contribution in [3.05, 3.63) is 29.8 Å². The number of carbonyl (C=O) groups is 1. The molecule has 2 rings (SSSR count). The van der Waals surface area contributed by atoms with E-state index in [2.05, 4.69) is 13.8 Å². The molecule has 1 atom stereocenters. The average Bonchev–Trinajstić information content (AvgIpc) is 2.40. The second-order valence-corrected chi connectivity index (χ2v) is 6.47. The predicted octanol–water partition coefficient (Wildman–Crippen LogP) is 1.91. The lowest BCUT2D eigenvalue weighted by Gasteiger charge is -2.37. The van der Waals surface area contributed by atoms with Crippen molar-refractivity contribution >= 4 is 5.91 Å². The summed E-state index contributed by atoms with van der Waals surface area (Å²) in [6.45, 7) is 6.08.